The topological polar surface area (TPSA) is 86.7 Å². The van der Waals surface area contributed by atoms with Crippen molar-refractivity contribution in [3.05, 3.63) is 128 Å². The summed E-state index contributed by atoms with van der Waals surface area (Å²) in [5.74, 6) is -3.23. The predicted molar refractivity (Wildman–Crippen MR) is 133 cm³/mol. The summed E-state index contributed by atoms with van der Waals surface area (Å²) < 4.78 is 11.0. The first-order valence-electron chi connectivity index (χ1n) is 10.7. The number of hydrogen-bond donors (Lipinski definition) is 0. The Balaban J connectivity index is 1.66. The lowest BCUT2D eigenvalue weighted by Gasteiger charge is -2.23. The van der Waals surface area contributed by atoms with Gasteiger partial charge in [-0.2, -0.15) is 0 Å². The van der Waals surface area contributed by atoms with Crippen molar-refractivity contribution in [2.24, 2.45) is 0 Å². The van der Waals surface area contributed by atoms with Gasteiger partial charge in [-0.15, -0.1) is 0 Å². The van der Waals surface area contributed by atoms with Crippen LogP contribution in [0.25, 0.3) is 0 Å². The number of rotatable bonds is 4. The van der Waals surface area contributed by atoms with E-state index in [9.17, 15) is 19.2 Å². The Morgan fingerprint density at radius 2 is 0.861 bits per heavy atom. The number of fused-ring (bicyclic) bond motifs is 2. The highest BCUT2D eigenvalue weighted by atomic mass is 35.5. The molecule has 36 heavy (non-hydrogen) atoms. The molecule has 5 rings (SSSR count). The third-order valence-corrected chi connectivity index (χ3v) is 6.20. The highest BCUT2D eigenvalue weighted by Crippen LogP contribution is 2.43. The first kappa shape index (κ1) is 23.5. The molecule has 6 nitrogen and oxygen atoms in total. The van der Waals surface area contributed by atoms with Gasteiger partial charge in [-0.05, 0) is 48.5 Å². The highest BCUT2D eigenvalue weighted by Gasteiger charge is 2.39. The molecule has 0 unspecified atom stereocenters. The summed E-state index contributed by atoms with van der Waals surface area (Å²) in [4.78, 5) is 52.8. The molecule has 0 bridgehead atoms. The maximum absolute atomic E-state index is 13.6. The second-order valence-electron chi connectivity index (χ2n) is 7.76. The van der Waals surface area contributed by atoms with Gasteiger partial charge in [0.1, 0.15) is 11.5 Å². The van der Waals surface area contributed by atoms with Gasteiger partial charge < -0.3 is 9.47 Å². The van der Waals surface area contributed by atoms with E-state index in [-0.39, 0.29) is 54.9 Å². The summed E-state index contributed by atoms with van der Waals surface area (Å²) in [7, 11) is 0. The molecule has 0 saturated carbocycles. The number of ether oxygens (including phenoxy) is 2. The number of halogens is 2. The van der Waals surface area contributed by atoms with Crippen molar-refractivity contribution < 1.29 is 28.7 Å². The number of ketones is 2. The van der Waals surface area contributed by atoms with Crippen LogP contribution in [0.3, 0.4) is 0 Å². The zero-order chi connectivity index (χ0) is 25.4. The summed E-state index contributed by atoms with van der Waals surface area (Å²) in [6.45, 7) is 0. The van der Waals surface area contributed by atoms with Crippen LogP contribution in [0.15, 0.2) is 84.9 Å². The quantitative estimate of drug-likeness (QED) is 0.208. The molecular weight excluding hydrogens is 503 g/mol. The van der Waals surface area contributed by atoms with Crippen molar-refractivity contribution in [3.8, 4) is 11.5 Å². The fourth-order valence-corrected chi connectivity index (χ4v) is 4.38. The summed E-state index contributed by atoms with van der Waals surface area (Å²) in [6, 6.07) is 21.7. The summed E-state index contributed by atoms with van der Waals surface area (Å²) in [5.41, 5.74) is -0.266. The fourth-order valence-electron chi connectivity index (χ4n) is 3.90. The minimum Gasteiger partial charge on any atom is -0.422 e. The van der Waals surface area contributed by atoms with Crippen LogP contribution >= 0.6 is 23.2 Å². The third kappa shape index (κ3) is 4.06. The number of carbonyl (C=O) groups excluding carboxylic acids is 4. The number of hydrogen-bond acceptors (Lipinski definition) is 6. The van der Waals surface area contributed by atoms with Crippen LogP contribution in [-0.4, -0.2) is 23.5 Å². The zero-order valence-corrected chi connectivity index (χ0v) is 19.8. The molecule has 0 aromatic heterocycles. The molecule has 4 aromatic carbocycles. The van der Waals surface area contributed by atoms with Crippen molar-refractivity contribution in [3.63, 3.8) is 0 Å². The van der Waals surface area contributed by atoms with Gasteiger partial charge in [0.25, 0.3) is 0 Å². The highest BCUT2D eigenvalue weighted by molar-refractivity contribution is 6.44. The predicted octanol–water partition coefficient (Wildman–Crippen LogP) is 6.21. The van der Waals surface area contributed by atoms with E-state index in [0.29, 0.717) is 0 Å². The normalized spacial score (nSPS) is 11.9. The van der Waals surface area contributed by atoms with Crippen molar-refractivity contribution in [1.29, 1.82) is 0 Å². The van der Waals surface area contributed by atoms with Crippen LogP contribution in [0, 0.1) is 0 Å². The van der Waals surface area contributed by atoms with Gasteiger partial charge in [-0.1, -0.05) is 59.6 Å². The van der Waals surface area contributed by atoms with Gasteiger partial charge in [0.05, 0.1) is 43.4 Å². The molecule has 4 aromatic rings. The van der Waals surface area contributed by atoms with Crippen LogP contribution in [0.1, 0.15) is 52.6 Å². The van der Waals surface area contributed by atoms with Crippen molar-refractivity contribution in [2.75, 3.05) is 0 Å². The van der Waals surface area contributed by atoms with Gasteiger partial charge in [-0.3, -0.25) is 9.59 Å². The molecule has 0 N–H and O–H groups in total. The van der Waals surface area contributed by atoms with Gasteiger partial charge >= 0.3 is 11.9 Å². The number of benzene rings is 4. The Hall–Kier alpha value is -4.26. The first-order valence-corrected chi connectivity index (χ1v) is 11.4. The number of carbonyl (C=O) groups is 4. The maximum atomic E-state index is 13.6. The molecule has 0 amide bonds. The molecule has 176 valence electrons. The van der Waals surface area contributed by atoms with Crippen LogP contribution in [0.5, 0.6) is 11.5 Å². The molecule has 0 atom stereocenters. The summed E-state index contributed by atoms with van der Waals surface area (Å²) >= 11 is 12.5. The van der Waals surface area contributed by atoms with Gasteiger partial charge in [-0.25, -0.2) is 9.59 Å². The standard InChI is InChI=1S/C28H14Cl2O6/c29-17-11-12-18(30)22-21(17)25(31)23-19(35-27(33)15-7-3-1-4-8-15)13-14-20(24(23)26(22)32)36-28(34)16-9-5-2-6-10-16/h1-14H. The van der Waals surface area contributed by atoms with Gasteiger partial charge in [0.15, 0.2) is 11.6 Å². The average molecular weight is 517 g/mol. The van der Waals surface area contributed by atoms with E-state index in [0.717, 1.165) is 0 Å². The molecule has 0 spiro atoms. The Labute approximate surface area is 215 Å². The Kier molecular flexibility index (Phi) is 6.14. The lowest BCUT2D eigenvalue weighted by molar-refractivity contribution is 0.0713. The lowest BCUT2D eigenvalue weighted by Crippen LogP contribution is -2.25. The molecule has 8 heteroatoms. The van der Waals surface area contributed by atoms with Gasteiger partial charge in [0, 0.05) is 0 Å². The fraction of sp³-hybridized carbons (Fsp3) is 0. The van der Waals surface area contributed by atoms with E-state index < -0.39 is 23.5 Å². The van der Waals surface area contributed by atoms with E-state index in [4.69, 9.17) is 32.7 Å². The van der Waals surface area contributed by atoms with E-state index in [2.05, 4.69) is 0 Å². The Morgan fingerprint density at radius 1 is 0.500 bits per heavy atom. The molecule has 1 aliphatic rings. The monoisotopic (exact) mass is 516 g/mol. The van der Waals surface area contributed by atoms with Crippen LogP contribution < -0.4 is 9.47 Å². The Morgan fingerprint density at radius 3 is 1.22 bits per heavy atom. The van der Waals surface area contributed by atoms with Crippen LogP contribution in [0.2, 0.25) is 10.0 Å². The lowest BCUT2D eigenvalue weighted by atomic mass is 9.83. The van der Waals surface area contributed by atoms with Crippen LogP contribution in [-0.2, 0) is 0 Å². The number of esters is 2. The summed E-state index contributed by atoms with van der Waals surface area (Å²) in [6.07, 6.45) is 0. The smallest absolute Gasteiger partial charge is 0.343 e. The van der Waals surface area contributed by atoms with Gasteiger partial charge in [0.2, 0.25) is 0 Å². The van der Waals surface area contributed by atoms with Crippen molar-refractivity contribution in [1.82, 2.24) is 0 Å². The van der Waals surface area contributed by atoms with E-state index in [1.54, 1.807) is 60.7 Å². The molecular formula is C28H14Cl2O6. The molecule has 0 aliphatic heterocycles. The Bertz CT molecular complexity index is 1440. The van der Waals surface area contributed by atoms with E-state index in [1.807, 2.05) is 0 Å². The van der Waals surface area contributed by atoms with Crippen molar-refractivity contribution >= 4 is 46.7 Å². The second kappa shape index (κ2) is 9.41. The minimum atomic E-state index is -0.741. The van der Waals surface area contributed by atoms with E-state index >= 15 is 0 Å². The van der Waals surface area contributed by atoms with E-state index in [1.165, 1.54) is 24.3 Å². The third-order valence-electron chi connectivity index (χ3n) is 5.57. The van der Waals surface area contributed by atoms with Crippen molar-refractivity contribution in [2.45, 2.75) is 0 Å². The minimum absolute atomic E-state index is 0.00502. The molecule has 0 radical (unpaired) electrons. The molecule has 0 saturated heterocycles. The van der Waals surface area contributed by atoms with Crippen LogP contribution in [0.4, 0.5) is 0 Å². The molecule has 0 fully saturated rings. The first-order chi connectivity index (χ1) is 17.4. The maximum Gasteiger partial charge on any atom is 0.343 e. The zero-order valence-electron chi connectivity index (χ0n) is 18.3. The summed E-state index contributed by atoms with van der Waals surface area (Å²) in [5, 5.41) is 0.0100. The molecule has 0 heterocycles. The second-order valence-corrected chi connectivity index (χ2v) is 8.57. The SMILES string of the molecule is O=C(Oc1ccc(OC(=O)c2ccccc2)c2c1C(=O)c1c(Cl)ccc(Cl)c1C2=O)c1ccccc1. The largest absolute Gasteiger partial charge is 0.422 e. The average Bonchev–Trinajstić information content (AvgIpc) is 2.90. The molecule has 1 aliphatic carbocycles.